The first kappa shape index (κ1) is 11.1. The molecule has 2 nitrogen and oxygen atoms in total. The second kappa shape index (κ2) is 4.64. The fraction of sp³-hybridized carbons (Fsp3) is 0.667. The summed E-state index contributed by atoms with van der Waals surface area (Å²) in [7, 11) is 0. The minimum Gasteiger partial charge on any atom is -0.373 e. The van der Waals surface area contributed by atoms with Gasteiger partial charge in [0.05, 0.1) is 12.2 Å². The van der Waals surface area contributed by atoms with Crippen molar-refractivity contribution in [2.45, 2.75) is 39.5 Å². The highest BCUT2D eigenvalue weighted by molar-refractivity contribution is 7.10. The van der Waals surface area contributed by atoms with Crippen molar-refractivity contribution in [3.8, 4) is 0 Å². The Hall–Kier alpha value is -0.380. The second-order valence-corrected chi connectivity index (χ2v) is 5.54. The van der Waals surface area contributed by atoms with Gasteiger partial charge in [-0.05, 0) is 37.8 Å². The third kappa shape index (κ3) is 3.03. The van der Waals surface area contributed by atoms with Gasteiger partial charge in [-0.15, -0.1) is 11.3 Å². The van der Waals surface area contributed by atoms with Gasteiger partial charge in [-0.1, -0.05) is 0 Å². The summed E-state index contributed by atoms with van der Waals surface area (Å²) in [5, 5.41) is 2.22. The third-order valence-electron chi connectivity index (χ3n) is 2.66. The van der Waals surface area contributed by atoms with Crippen LogP contribution in [0.25, 0.3) is 0 Å². The fourth-order valence-corrected chi connectivity index (χ4v) is 3.12. The lowest BCUT2D eigenvalue weighted by Crippen LogP contribution is -2.44. The van der Waals surface area contributed by atoms with E-state index in [1.807, 2.05) is 11.3 Å². The number of rotatable bonds is 2. The van der Waals surface area contributed by atoms with Gasteiger partial charge in [0.1, 0.15) is 0 Å². The van der Waals surface area contributed by atoms with E-state index in [0.29, 0.717) is 12.2 Å². The third-order valence-corrected chi connectivity index (χ3v) is 3.70. The Morgan fingerprint density at radius 2 is 2.07 bits per heavy atom. The van der Waals surface area contributed by atoms with Crippen LogP contribution in [-0.2, 0) is 11.3 Å². The Bertz CT molecular complexity index is 313. The molecular formula is C12H19NOS. The van der Waals surface area contributed by atoms with Crippen LogP contribution in [0, 0.1) is 6.92 Å². The van der Waals surface area contributed by atoms with E-state index in [1.165, 1.54) is 10.4 Å². The number of hydrogen-bond acceptors (Lipinski definition) is 3. The Morgan fingerprint density at radius 3 is 2.60 bits per heavy atom. The van der Waals surface area contributed by atoms with Crippen LogP contribution in [0.2, 0.25) is 0 Å². The van der Waals surface area contributed by atoms with Crippen LogP contribution in [0.1, 0.15) is 24.3 Å². The number of ether oxygens (including phenoxy) is 1. The number of aryl methyl sites for hydroxylation is 1. The standard InChI is InChI=1S/C12H19NOS/c1-9-4-12(15-8-9)7-13-5-10(2)14-11(3)6-13/h4,8,10-11H,5-7H2,1-3H3/t10-,11+. The summed E-state index contributed by atoms with van der Waals surface area (Å²) in [6.07, 6.45) is 0.740. The maximum Gasteiger partial charge on any atom is 0.0678 e. The molecule has 0 aliphatic carbocycles. The number of hydrogen-bond donors (Lipinski definition) is 0. The zero-order valence-corrected chi connectivity index (χ0v) is 10.5. The number of thiophene rings is 1. The van der Waals surface area contributed by atoms with Gasteiger partial charge >= 0.3 is 0 Å². The van der Waals surface area contributed by atoms with Crippen molar-refractivity contribution < 1.29 is 4.74 Å². The van der Waals surface area contributed by atoms with Crippen LogP contribution in [-0.4, -0.2) is 30.2 Å². The minimum atomic E-state index is 0.370. The second-order valence-electron chi connectivity index (χ2n) is 4.54. The SMILES string of the molecule is Cc1csc(CN2C[C@@H](C)O[C@@H](C)C2)c1. The first-order valence-corrected chi connectivity index (χ1v) is 6.43. The van der Waals surface area contributed by atoms with Gasteiger partial charge in [0, 0.05) is 24.5 Å². The van der Waals surface area contributed by atoms with Crippen molar-refractivity contribution in [1.82, 2.24) is 4.90 Å². The molecule has 0 N–H and O–H groups in total. The molecule has 2 heterocycles. The van der Waals surface area contributed by atoms with Crippen LogP contribution in [0.15, 0.2) is 11.4 Å². The molecule has 1 saturated heterocycles. The quantitative estimate of drug-likeness (QED) is 0.767. The van der Waals surface area contributed by atoms with Crippen LogP contribution < -0.4 is 0 Å². The van der Waals surface area contributed by atoms with Crippen LogP contribution in [0.4, 0.5) is 0 Å². The molecule has 1 aliphatic rings. The molecular weight excluding hydrogens is 206 g/mol. The summed E-state index contributed by atoms with van der Waals surface area (Å²) in [4.78, 5) is 3.96. The summed E-state index contributed by atoms with van der Waals surface area (Å²) >= 11 is 1.86. The maximum absolute atomic E-state index is 5.72. The van der Waals surface area contributed by atoms with E-state index in [2.05, 4.69) is 37.1 Å². The molecule has 84 valence electrons. The van der Waals surface area contributed by atoms with E-state index in [-0.39, 0.29) is 0 Å². The molecule has 0 saturated carbocycles. The molecule has 3 heteroatoms. The Morgan fingerprint density at radius 1 is 1.40 bits per heavy atom. The zero-order valence-electron chi connectivity index (χ0n) is 9.69. The molecule has 15 heavy (non-hydrogen) atoms. The van der Waals surface area contributed by atoms with Crippen molar-refractivity contribution in [1.29, 1.82) is 0 Å². The topological polar surface area (TPSA) is 12.5 Å². The van der Waals surface area contributed by atoms with Crippen molar-refractivity contribution in [3.05, 3.63) is 21.9 Å². The lowest BCUT2D eigenvalue weighted by molar-refractivity contribution is -0.0702. The van der Waals surface area contributed by atoms with E-state index in [9.17, 15) is 0 Å². The van der Waals surface area contributed by atoms with Gasteiger partial charge in [0.2, 0.25) is 0 Å². The fourth-order valence-electron chi connectivity index (χ4n) is 2.21. The average molecular weight is 225 g/mol. The lowest BCUT2D eigenvalue weighted by Gasteiger charge is -2.34. The monoisotopic (exact) mass is 225 g/mol. The molecule has 0 bridgehead atoms. The molecule has 0 amide bonds. The normalized spacial score (nSPS) is 28.2. The summed E-state index contributed by atoms with van der Waals surface area (Å²) in [6.45, 7) is 9.66. The Labute approximate surface area is 95.9 Å². The molecule has 0 spiro atoms. The number of morpholine rings is 1. The highest BCUT2D eigenvalue weighted by atomic mass is 32.1. The first-order valence-electron chi connectivity index (χ1n) is 5.55. The van der Waals surface area contributed by atoms with Crippen molar-refractivity contribution in [3.63, 3.8) is 0 Å². The average Bonchev–Trinajstić information content (AvgIpc) is 2.49. The lowest BCUT2D eigenvalue weighted by atomic mass is 10.2. The summed E-state index contributed by atoms with van der Waals surface area (Å²) in [5.74, 6) is 0. The van der Waals surface area contributed by atoms with Crippen LogP contribution >= 0.6 is 11.3 Å². The highest BCUT2D eigenvalue weighted by Gasteiger charge is 2.22. The summed E-state index contributed by atoms with van der Waals surface area (Å²) in [5.41, 5.74) is 1.38. The number of nitrogens with zero attached hydrogens (tertiary/aromatic N) is 1. The van der Waals surface area contributed by atoms with Crippen molar-refractivity contribution in [2.24, 2.45) is 0 Å². The van der Waals surface area contributed by atoms with E-state index in [1.54, 1.807) is 0 Å². The molecule has 0 radical (unpaired) electrons. The van der Waals surface area contributed by atoms with Crippen molar-refractivity contribution >= 4 is 11.3 Å². The van der Waals surface area contributed by atoms with Crippen LogP contribution in [0.5, 0.6) is 0 Å². The predicted octanol–water partition coefficient (Wildman–Crippen LogP) is 2.67. The van der Waals surface area contributed by atoms with Gasteiger partial charge in [0.15, 0.2) is 0 Å². The molecule has 1 aromatic heterocycles. The van der Waals surface area contributed by atoms with E-state index in [0.717, 1.165) is 19.6 Å². The van der Waals surface area contributed by atoms with Crippen LogP contribution in [0.3, 0.4) is 0 Å². The van der Waals surface area contributed by atoms with E-state index >= 15 is 0 Å². The largest absolute Gasteiger partial charge is 0.373 e. The molecule has 0 aromatic carbocycles. The molecule has 1 fully saturated rings. The highest BCUT2D eigenvalue weighted by Crippen LogP contribution is 2.19. The zero-order chi connectivity index (χ0) is 10.8. The van der Waals surface area contributed by atoms with Gasteiger partial charge in [-0.25, -0.2) is 0 Å². The molecule has 2 atom stereocenters. The summed E-state index contributed by atoms with van der Waals surface area (Å²) in [6, 6.07) is 2.29. The van der Waals surface area contributed by atoms with E-state index in [4.69, 9.17) is 4.74 Å². The minimum absolute atomic E-state index is 0.370. The van der Waals surface area contributed by atoms with Gasteiger partial charge in [-0.2, -0.15) is 0 Å². The van der Waals surface area contributed by atoms with Gasteiger partial charge < -0.3 is 4.74 Å². The molecule has 0 unspecified atom stereocenters. The Balaban J connectivity index is 1.94. The van der Waals surface area contributed by atoms with Crippen molar-refractivity contribution in [2.75, 3.05) is 13.1 Å². The maximum atomic E-state index is 5.72. The molecule has 1 aliphatic heterocycles. The molecule has 2 rings (SSSR count). The predicted molar refractivity (Wildman–Crippen MR) is 64.3 cm³/mol. The van der Waals surface area contributed by atoms with Gasteiger partial charge in [0.25, 0.3) is 0 Å². The summed E-state index contributed by atoms with van der Waals surface area (Å²) < 4.78 is 5.72. The first-order chi connectivity index (χ1) is 7.13. The Kier molecular flexibility index (Phi) is 3.44. The smallest absolute Gasteiger partial charge is 0.0678 e. The van der Waals surface area contributed by atoms with Gasteiger partial charge in [-0.3, -0.25) is 4.90 Å². The van der Waals surface area contributed by atoms with E-state index < -0.39 is 0 Å². The molecule has 1 aromatic rings.